The van der Waals surface area contributed by atoms with Crippen molar-refractivity contribution in [1.29, 1.82) is 0 Å². The Morgan fingerprint density at radius 1 is 1.03 bits per heavy atom. The monoisotopic (exact) mass is 459 g/mol. The third-order valence-corrected chi connectivity index (χ3v) is 4.48. The maximum atomic E-state index is 12.4. The van der Waals surface area contributed by atoms with E-state index in [1.165, 1.54) is 33.6 Å². The molecule has 33 heavy (non-hydrogen) atoms. The average molecular weight is 459 g/mol. The van der Waals surface area contributed by atoms with Crippen LogP contribution >= 0.6 is 0 Å². The minimum absolute atomic E-state index is 0.0339. The lowest BCUT2D eigenvalue weighted by Gasteiger charge is -2.14. The predicted octanol–water partition coefficient (Wildman–Crippen LogP) is 2.48. The number of carbonyl (C=O) groups excluding carboxylic acids is 2. The van der Waals surface area contributed by atoms with Crippen LogP contribution < -0.4 is 29.7 Å². The van der Waals surface area contributed by atoms with Crippen molar-refractivity contribution < 1.29 is 33.6 Å². The van der Waals surface area contributed by atoms with Crippen LogP contribution in [0.25, 0.3) is 0 Å². The fourth-order valence-corrected chi connectivity index (χ4v) is 2.88. The molecule has 0 aliphatic heterocycles. The van der Waals surface area contributed by atoms with Gasteiger partial charge >= 0.3 is 0 Å². The minimum atomic E-state index is -0.329. The molecule has 2 aromatic rings. The highest BCUT2D eigenvalue weighted by molar-refractivity contribution is 5.95. The van der Waals surface area contributed by atoms with Crippen molar-refractivity contribution in [2.24, 2.45) is 5.10 Å². The Morgan fingerprint density at radius 3 is 2.33 bits per heavy atom. The van der Waals surface area contributed by atoms with E-state index >= 15 is 0 Å². The fourth-order valence-electron chi connectivity index (χ4n) is 2.88. The van der Waals surface area contributed by atoms with Gasteiger partial charge < -0.3 is 29.4 Å². The summed E-state index contributed by atoms with van der Waals surface area (Å²) in [6.07, 6.45) is 2.05. The molecular formula is C23H29N3O7. The number of phenols is 1. The largest absolute Gasteiger partial charge is 0.504 e. The van der Waals surface area contributed by atoms with Gasteiger partial charge in [0.25, 0.3) is 5.91 Å². The molecule has 2 aromatic carbocycles. The number of hydrogen-bond donors (Lipinski definition) is 3. The van der Waals surface area contributed by atoms with Crippen molar-refractivity contribution in [3.05, 3.63) is 41.5 Å². The topological polar surface area (TPSA) is 128 Å². The van der Waals surface area contributed by atoms with Crippen LogP contribution in [0.2, 0.25) is 0 Å². The summed E-state index contributed by atoms with van der Waals surface area (Å²) >= 11 is 0. The number of hydrogen-bond acceptors (Lipinski definition) is 8. The highest BCUT2D eigenvalue weighted by Crippen LogP contribution is 2.38. The number of methoxy groups -OCH3 is 3. The summed E-state index contributed by atoms with van der Waals surface area (Å²) in [6, 6.07) is 7.86. The van der Waals surface area contributed by atoms with Gasteiger partial charge in [-0.3, -0.25) is 9.59 Å². The number of carbonyl (C=O) groups is 2. The predicted molar refractivity (Wildman–Crippen MR) is 123 cm³/mol. The van der Waals surface area contributed by atoms with Crippen molar-refractivity contribution in [2.75, 3.05) is 34.5 Å². The Kier molecular flexibility index (Phi) is 9.81. The number of rotatable bonds is 12. The number of nitrogens with zero attached hydrogens (tertiary/aromatic N) is 1. The van der Waals surface area contributed by atoms with Gasteiger partial charge in [0.15, 0.2) is 23.0 Å². The zero-order valence-electron chi connectivity index (χ0n) is 19.1. The molecule has 178 valence electrons. The van der Waals surface area contributed by atoms with Gasteiger partial charge in [0.05, 0.1) is 34.2 Å². The summed E-state index contributed by atoms with van der Waals surface area (Å²) in [7, 11) is 4.43. The molecule has 0 aromatic heterocycles. The van der Waals surface area contributed by atoms with Crippen LogP contribution in [-0.4, -0.2) is 57.6 Å². The lowest BCUT2D eigenvalue weighted by Crippen LogP contribution is -2.26. The molecule has 2 rings (SSSR count). The van der Waals surface area contributed by atoms with Crippen molar-refractivity contribution >= 4 is 18.0 Å². The molecule has 0 spiro atoms. The zero-order valence-corrected chi connectivity index (χ0v) is 19.1. The molecule has 2 amide bonds. The SMILES string of the molecule is CCOc1cc(/C=N/NC(=O)CCCNC(=O)c2cc(OC)c(OC)c(OC)c2)ccc1O. The van der Waals surface area contributed by atoms with E-state index in [0.29, 0.717) is 53.7 Å². The summed E-state index contributed by atoms with van der Waals surface area (Å²) < 4.78 is 21.1. The quantitative estimate of drug-likeness (QED) is 0.253. The van der Waals surface area contributed by atoms with Crippen molar-refractivity contribution in [3.63, 3.8) is 0 Å². The van der Waals surface area contributed by atoms with E-state index < -0.39 is 0 Å². The van der Waals surface area contributed by atoms with E-state index in [0.717, 1.165) is 0 Å². The molecule has 0 fully saturated rings. The molecule has 0 heterocycles. The summed E-state index contributed by atoms with van der Waals surface area (Å²) in [4.78, 5) is 24.4. The summed E-state index contributed by atoms with van der Waals surface area (Å²) in [5.41, 5.74) is 3.43. The third-order valence-electron chi connectivity index (χ3n) is 4.48. The van der Waals surface area contributed by atoms with E-state index in [9.17, 15) is 14.7 Å². The van der Waals surface area contributed by atoms with Crippen LogP contribution in [-0.2, 0) is 4.79 Å². The van der Waals surface area contributed by atoms with E-state index in [1.54, 1.807) is 24.3 Å². The summed E-state index contributed by atoms with van der Waals surface area (Å²) in [5, 5.41) is 16.4. The number of nitrogens with one attached hydrogen (secondary N) is 2. The zero-order chi connectivity index (χ0) is 24.2. The first-order valence-corrected chi connectivity index (χ1v) is 10.3. The number of ether oxygens (including phenoxy) is 4. The maximum absolute atomic E-state index is 12.4. The highest BCUT2D eigenvalue weighted by Gasteiger charge is 2.16. The van der Waals surface area contributed by atoms with Crippen molar-refractivity contribution in [1.82, 2.24) is 10.7 Å². The second-order valence-electron chi connectivity index (χ2n) is 6.73. The Labute approximate surface area is 192 Å². The first kappa shape index (κ1) is 25.3. The molecule has 10 nitrogen and oxygen atoms in total. The van der Waals surface area contributed by atoms with E-state index in [-0.39, 0.29) is 24.0 Å². The molecule has 3 N–H and O–H groups in total. The fraction of sp³-hybridized carbons (Fsp3) is 0.348. The second kappa shape index (κ2) is 12.8. The standard InChI is InChI=1S/C23H29N3O7/c1-5-33-18-11-15(8-9-17(18)27)14-25-26-21(28)7-6-10-24-23(29)16-12-19(30-2)22(32-4)20(13-16)31-3/h8-9,11-14,27H,5-7,10H2,1-4H3,(H,24,29)(H,26,28)/b25-14+. The number of amides is 2. The van der Waals surface area contributed by atoms with Gasteiger partial charge in [-0.1, -0.05) is 0 Å². The molecule has 0 radical (unpaired) electrons. The molecule has 0 bridgehead atoms. The van der Waals surface area contributed by atoms with Crippen LogP contribution in [0.5, 0.6) is 28.7 Å². The van der Waals surface area contributed by atoms with E-state index in [1.807, 2.05) is 6.92 Å². The summed E-state index contributed by atoms with van der Waals surface area (Å²) in [6.45, 7) is 2.52. The molecule has 0 saturated heterocycles. The third kappa shape index (κ3) is 7.30. The Hall–Kier alpha value is -3.95. The van der Waals surface area contributed by atoms with Crippen molar-refractivity contribution in [2.45, 2.75) is 19.8 Å². The molecule has 0 atom stereocenters. The number of hydrazone groups is 1. The molecule has 0 saturated carbocycles. The van der Waals surface area contributed by atoms with Gasteiger partial charge in [-0.05, 0) is 49.2 Å². The van der Waals surface area contributed by atoms with Crippen LogP contribution in [0, 0.1) is 0 Å². The van der Waals surface area contributed by atoms with Crippen LogP contribution in [0.3, 0.4) is 0 Å². The van der Waals surface area contributed by atoms with Crippen molar-refractivity contribution in [3.8, 4) is 28.7 Å². The second-order valence-corrected chi connectivity index (χ2v) is 6.73. The first-order valence-electron chi connectivity index (χ1n) is 10.3. The number of benzene rings is 2. The van der Waals surface area contributed by atoms with Crippen LogP contribution in [0.4, 0.5) is 0 Å². The normalized spacial score (nSPS) is 10.5. The number of aromatic hydroxyl groups is 1. The van der Waals surface area contributed by atoms with Gasteiger partial charge in [-0.15, -0.1) is 0 Å². The summed E-state index contributed by atoms with van der Waals surface area (Å²) in [5.74, 6) is 0.905. The smallest absolute Gasteiger partial charge is 0.251 e. The van der Waals surface area contributed by atoms with Gasteiger partial charge in [-0.25, -0.2) is 5.43 Å². The van der Waals surface area contributed by atoms with Gasteiger partial charge in [0, 0.05) is 18.5 Å². The van der Waals surface area contributed by atoms with Gasteiger partial charge in [0.2, 0.25) is 11.7 Å². The van der Waals surface area contributed by atoms with Crippen LogP contribution in [0.15, 0.2) is 35.4 Å². The van der Waals surface area contributed by atoms with Gasteiger partial charge in [0.1, 0.15) is 0 Å². The highest BCUT2D eigenvalue weighted by atomic mass is 16.5. The Balaban J connectivity index is 1.80. The molecule has 0 aliphatic carbocycles. The Morgan fingerprint density at radius 2 is 1.73 bits per heavy atom. The van der Waals surface area contributed by atoms with E-state index in [2.05, 4.69) is 15.8 Å². The number of phenolic OH excluding ortho intramolecular Hbond substituents is 1. The Bertz CT molecular complexity index is 967. The average Bonchev–Trinajstić information content (AvgIpc) is 2.82. The van der Waals surface area contributed by atoms with E-state index in [4.69, 9.17) is 18.9 Å². The maximum Gasteiger partial charge on any atom is 0.251 e. The molecule has 10 heteroatoms. The first-order chi connectivity index (χ1) is 15.9. The molecule has 0 unspecified atom stereocenters. The lowest BCUT2D eigenvalue weighted by atomic mass is 10.1. The molecule has 0 aliphatic rings. The minimum Gasteiger partial charge on any atom is -0.504 e. The lowest BCUT2D eigenvalue weighted by molar-refractivity contribution is -0.121. The molecular weight excluding hydrogens is 430 g/mol. The van der Waals surface area contributed by atoms with Crippen LogP contribution in [0.1, 0.15) is 35.7 Å². The van der Waals surface area contributed by atoms with Gasteiger partial charge in [-0.2, -0.15) is 5.10 Å².